The first-order valence-electron chi connectivity index (χ1n) is 25.3. The van der Waals surface area contributed by atoms with Gasteiger partial charge in [-0.1, -0.05) is 176 Å². The highest BCUT2D eigenvalue weighted by Crippen LogP contribution is 2.49. The number of hydrogen-bond acceptors (Lipinski definition) is 5. The van der Waals surface area contributed by atoms with Crippen LogP contribution in [0.2, 0.25) is 0 Å². The smallest absolute Gasteiger partial charge is 0.0462 e. The summed E-state index contributed by atoms with van der Waals surface area (Å²) >= 11 is 3.72. The van der Waals surface area contributed by atoms with Crippen LogP contribution in [-0.2, 0) is 0 Å². The minimum absolute atomic E-state index is 1.09. The summed E-state index contributed by atoms with van der Waals surface area (Å²) in [7, 11) is 0. The third kappa shape index (κ3) is 8.95. The molecular weight excluding hydrogens is 947 g/mol. The molecule has 0 saturated heterocycles. The Labute approximate surface area is 446 Å². The summed E-state index contributed by atoms with van der Waals surface area (Å²) in [6.45, 7) is 0. The molecule has 0 spiro atoms. The molecular formula is C70H49N3S2. The monoisotopic (exact) mass is 995 g/mol. The predicted molar refractivity (Wildman–Crippen MR) is 323 cm³/mol. The Morgan fingerprint density at radius 2 is 0.400 bits per heavy atom. The van der Waals surface area contributed by atoms with Gasteiger partial charge in [-0.05, 0) is 144 Å². The molecule has 13 aromatic rings. The Bertz CT molecular complexity index is 3680. The third-order valence-corrected chi connectivity index (χ3v) is 16.3. The average Bonchev–Trinajstić information content (AvgIpc) is 4.08. The van der Waals surface area contributed by atoms with Gasteiger partial charge in [-0.2, -0.15) is 0 Å². The van der Waals surface area contributed by atoms with Gasteiger partial charge in [0.25, 0.3) is 0 Å². The summed E-state index contributed by atoms with van der Waals surface area (Å²) in [4.78, 5) is 9.51. The number of thiophene rings is 2. The van der Waals surface area contributed by atoms with E-state index in [1.807, 2.05) is 22.7 Å². The molecule has 0 aliphatic heterocycles. The lowest BCUT2D eigenvalue weighted by Gasteiger charge is -2.26. The van der Waals surface area contributed by atoms with Gasteiger partial charge in [0.05, 0.1) is 0 Å². The molecule has 0 aliphatic rings. The summed E-state index contributed by atoms with van der Waals surface area (Å²) in [6.07, 6.45) is 0. The molecule has 0 aliphatic carbocycles. The Balaban J connectivity index is 0.836. The number of anilines is 9. The van der Waals surface area contributed by atoms with E-state index >= 15 is 0 Å². The lowest BCUT2D eigenvalue weighted by atomic mass is 9.97. The van der Waals surface area contributed by atoms with Crippen molar-refractivity contribution in [3.05, 3.63) is 297 Å². The quantitative estimate of drug-likeness (QED) is 0.114. The number of hydrogen-bond donors (Lipinski definition) is 0. The van der Waals surface area contributed by atoms with E-state index in [9.17, 15) is 0 Å². The molecule has 0 saturated carbocycles. The molecule has 0 atom stereocenters. The van der Waals surface area contributed by atoms with E-state index in [1.54, 1.807) is 0 Å². The molecule has 11 aromatic carbocycles. The first-order chi connectivity index (χ1) is 37.2. The Morgan fingerprint density at radius 1 is 0.187 bits per heavy atom. The maximum Gasteiger partial charge on any atom is 0.0462 e. The Hall–Kier alpha value is -9.26. The van der Waals surface area contributed by atoms with Crippen LogP contribution >= 0.6 is 22.7 Å². The number of benzene rings is 11. The fourth-order valence-electron chi connectivity index (χ4n) is 10.4. The highest BCUT2D eigenvalue weighted by Gasteiger charge is 2.21. The second-order valence-corrected chi connectivity index (χ2v) is 20.6. The van der Waals surface area contributed by atoms with E-state index < -0.39 is 0 Å². The molecule has 2 heterocycles. The van der Waals surface area contributed by atoms with E-state index in [2.05, 4.69) is 312 Å². The van der Waals surface area contributed by atoms with Gasteiger partial charge in [-0.3, -0.25) is 0 Å². The van der Waals surface area contributed by atoms with Crippen LogP contribution in [0, 0.1) is 0 Å². The molecule has 0 bridgehead atoms. The van der Waals surface area contributed by atoms with E-state index in [1.165, 1.54) is 63.3 Å². The molecule has 0 unspecified atom stereocenters. The van der Waals surface area contributed by atoms with Crippen molar-refractivity contribution in [2.45, 2.75) is 0 Å². The average molecular weight is 996 g/mol. The SMILES string of the molecule is c1ccc(N(c2ccccc2)c2ccc(-c3sc4ccccc4c3-c3ccc(N(c4ccccc4)c4ccc(-c5c(-c6ccc(N(c7ccccc7)c7ccccc7)cc6)sc6ccccc56)cc4)cc3)cc2)cc1. The van der Waals surface area contributed by atoms with Crippen molar-refractivity contribution in [2.75, 3.05) is 14.7 Å². The topological polar surface area (TPSA) is 9.72 Å². The van der Waals surface area contributed by atoms with Crippen molar-refractivity contribution >= 4 is 94.0 Å². The van der Waals surface area contributed by atoms with Gasteiger partial charge >= 0.3 is 0 Å². The van der Waals surface area contributed by atoms with Crippen molar-refractivity contribution in [3.8, 4) is 43.1 Å². The summed E-state index contributed by atoms with van der Waals surface area (Å²) in [6, 6.07) is 107. The van der Waals surface area contributed by atoms with Gasteiger partial charge in [0.2, 0.25) is 0 Å². The Morgan fingerprint density at radius 3 is 0.667 bits per heavy atom. The maximum atomic E-state index is 2.36. The minimum Gasteiger partial charge on any atom is -0.311 e. The van der Waals surface area contributed by atoms with Crippen LogP contribution in [0.25, 0.3) is 63.3 Å². The predicted octanol–water partition coefficient (Wildman–Crippen LogP) is 21.2. The standard InChI is InChI=1S/C70H49N3S2/c1-6-20-54(21-7-1)71(55-22-8-2-9-23-55)61-46-38-52(39-47-61)69-67(63-30-16-18-32-65(63)74-69)50-34-42-59(43-35-50)73(58-28-14-5-15-29-58)60-44-36-51(37-45-60)68-64-31-17-19-33-66(64)75-70(68)53-40-48-62(49-41-53)72(56-24-10-3-11-25-56)57-26-12-4-13-27-57/h1-49H. The van der Waals surface area contributed by atoms with Gasteiger partial charge < -0.3 is 14.7 Å². The first-order valence-corrected chi connectivity index (χ1v) is 27.0. The van der Waals surface area contributed by atoms with Crippen LogP contribution in [0.3, 0.4) is 0 Å². The van der Waals surface area contributed by atoms with Crippen LogP contribution in [0.5, 0.6) is 0 Å². The van der Waals surface area contributed by atoms with Crippen molar-refractivity contribution in [2.24, 2.45) is 0 Å². The van der Waals surface area contributed by atoms with E-state index in [4.69, 9.17) is 0 Å². The number of nitrogens with zero attached hydrogens (tertiary/aromatic N) is 3. The first kappa shape index (κ1) is 45.6. The summed E-state index contributed by atoms with van der Waals surface area (Å²) in [5.74, 6) is 0. The Kier molecular flexibility index (Phi) is 12.4. The lowest BCUT2D eigenvalue weighted by molar-refractivity contribution is 1.28. The molecule has 356 valence electrons. The van der Waals surface area contributed by atoms with E-state index in [0.29, 0.717) is 0 Å². The highest BCUT2D eigenvalue weighted by atomic mass is 32.1. The van der Waals surface area contributed by atoms with Crippen molar-refractivity contribution in [1.82, 2.24) is 0 Å². The van der Waals surface area contributed by atoms with Gasteiger partial charge in [0, 0.05) is 92.2 Å². The largest absolute Gasteiger partial charge is 0.311 e. The zero-order valence-electron chi connectivity index (χ0n) is 40.9. The van der Waals surface area contributed by atoms with Crippen LogP contribution in [0.4, 0.5) is 51.2 Å². The van der Waals surface area contributed by atoms with Crippen LogP contribution in [-0.4, -0.2) is 0 Å². The number of rotatable bonds is 13. The highest BCUT2D eigenvalue weighted by molar-refractivity contribution is 7.23. The van der Waals surface area contributed by atoms with E-state index in [-0.39, 0.29) is 0 Å². The normalized spacial score (nSPS) is 11.2. The summed E-state index contributed by atoms with van der Waals surface area (Å²) < 4.78 is 2.54. The zero-order valence-corrected chi connectivity index (χ0v) is 42.6. The van der Waals surface area contributed by atoms with Gasteiger partial charge in [0.1, 0.15) is 0 Å². The van der Waals surface area contributed by atoms with Crippen LogP contribution in [0.1, 0.15) is 0 Å². The summed E-state index contributed by atoms with van der Waals surface area (Å²) in [5, 5.41) is 2.52. The maximum absolute atomic E-state index is 2.36. The second kappa shape index (κ2) is 20.3. The molecule has 13 rings (SSSR count). The molecule has 0 fully saturated rings. The van der Waals surface area contributed by atoms with E-state index in [0.717, 1.165) is 51.2 Å². The molecule has 0 amide bonds. The summed E-state index contributed by atoms with van der Waals surface area (Å²) in [5.41, 5.74) is 17.3. The fourth-order valence-corrected chi connectivity index (χ4v) is 12.8. The van der Waals surface area contributed by atoms with Gasteiger partial charge in [0.15, 0.2) is 0 Å². The zero-order chi connectivity index (χ0) is 49.9. The molecule has 0 N–H and O–H groups in total. The van der Waals surface area contributed by atoms with Crippen LogP contribution in [0.15, 0.2) is 297 Å². The molecule has 3 nitrogen and oxygen atoms in total. The van der Waals surface area contributed by atoms with Gasteiger partial charge in [-0.15, -0.1) is 22.7 Å². The second-order valence-electron chi connectivity index (χ2n) is 18.5. The number of para-hydroxylation sites is 5. The lowest BCUT2D eigenvalue weighted by Crippen LogP contribution is -2.09. The molecule has 2 aromatic heterocycles. The molecule has 5 heteroatoms. The van der Waals surface area contributed by atoms with Crippen molar-refractivity contribution in [1.29, 1.82) is 0 Å². The van der Waals surface area contributed by atoms with Gasteiger partial charge in [-0.25, -0.2) is 0 Å². The minimum atomic E-state index is 1.09. The molecule has 75 heavy (non-hydrogen) atoms. The fraction of sp³-hybridized carbons (Fsp3) is 0. The van der Waals surface area contributed by atoms with Crippen LogP contribution < -0.4 is 14.7 Å². The third-order valence-electron chi connectivity index (χ3n) is 13.9. The van der Waals surface area contributed by atoms with Crippen molar-refractivity contribution in [3.63, 3.8) is 0 Å². The number of fused-ring (bicyclic) bond motifs is 2. The molecule has 0 radical (unpaired) electrons. The van der Waals surface area contributed by atoms with Crippen molar-refractivity contribution < 1.29 is 0 Å².